The number of carbonyl (C=O) groups is 1. The van der Waals surface area contributed by atoms with E-state index in [4.69, 9.17) is 5.73 Å². The number of anilines is 1. The zero-order valence-electron chi connectivity index (χ0n) is 11.4. The van der Waals surface area contributed by atoms with Gasteiger partial charge in [0, 0.05) is 18.3 Å². The summed E-state index contributed by atoms with van der Waals surface area (Å²) in [6, 6.07) is 8.02. The zero-order valence-corrected chi connectivity index (χ0v) is 11.4. The van der Waals surface area contributed by atoms with E-state index in [1.165, 1.54) is 0 Å². The van der Waals surface area contributed by atoms with Crippen LogP contribution in [-0.4, -0.2) is 30.4 Å². The molecule has 0 heterocycles. The first-order chi connectivity index (χ1) is 8.56. The molecular weight excluding hydrogens is 226 g/mol. The standard InChI is InChI=1S/C14H23N3O/c1-4-11(2)17(3)10-14(18)16-13-7-5-12(9-15)6-8-13/h5-8,11H,4,9-10,15H2,1-3H3,(H,16,18). The van der Waals surface area contributed by atoms with Crippen LogP contribution in [0.5, 0.6) is 0 Å². The largest absolute Gasteiger partial charge is 0.326 e. The predicted octanol–water partition coefficient (Wildman–Crippen LogP) is 1.81. The van der Waals surface area contributed by atoms with E-state index in [9.17, 15) is 4.79 Å². The number of rotatable bonds is 6. The molecule has 1 rings (SSSR count). The highest BCUT2D eigenvalue weighted by molar-refractivity contribution is 5.92. The molecule has 4 nitrogen and oxygen atoms in total. The highest BCUT2D eigenvalue weighted by Gasteiger charge is 2.11. The normalized spacial score (nSPS) is 12.5. The van der Waals surface area contributed by atoms with Crippen LogP contribution in [0.25, 0.3) is 0 Å². The molecule has 0 aromatic heterocycles. The van der Waals surface area contributed by atoms with Crippen molar-refractivity contribution in [3.63, 3.8) is 0 Å². The minimum Gasteiger partial charge on any atom is -0.326 e. The van der Waals surface area contributed by atoms with E-state index >= 15 is 0 Å². The van der Waals surface area contributed by atoms with Crippen LogP contribution in [0, 0.1) is 0 Å². The van der Waals surface area contributed by atoms with Gasteiger partial charge in [0.1, 0.15) is 0 Å². The van der Waals surface area contributed by atoms with Crippen molar-refractivity contribution in [1.82, 2.24) is 4.90 Å². The molecule has 1 atom stereocenters. The molecule has 0 aliphatic heterocycles. The van der Waals surface area contributed by atoms with Crippen molar-refractivity contribution in [2.75, 3.05) is 18.9 Å². The van der Waals surface area contributed by atoms with E-state index in [2.05, 4.69) is 19.2 Å². The lowest BCUT2D eigenvalue weighted by Gasteiger charge is -2.22. The highest BCUT2D eigenvalue weighted by atomic mass is 16.2. The summed E-state index contributed by atoms with van der Waals surface area (Å²) in [5.74, 6) is 0.0123. The Labute approximate surface area is 109 Å². The maximum absolute atomic E-state index is 11.8. The number of nitrogens with zero attached hydrogens (tertiary/aromatic N) is 1. The van der Waals surface area contributed by atoms with Crippen molar-refractivity contribution >= 4 is 11.6 Å². The van der Waals surface area contributed by atoms with Gasteiger partial charge in [0.2, 0.25) is 5.91 Å². The number of hydrogen-bond acceptors (Lipinski definition) is 3. The molecule has 0 saturated heterocycles. The summed E-state index contributed by atoms with van der Waals surface area (Å²) >= 11 is 0. The molecule has 0 fully saturated rings. The number of nitrogens with one attached hydrogen (secondary N) is 1. The number of benzene rings is 1. The van der Waals surface area contributed by atoms with Gasteiger partial charge in [-0.25, -0.2) is 0 Å². The van der Waals surface area contributed by atoms with E-state index in [1.807, 2.05) is 36.2 Å². The van der Waals surface area contributed by atoms with Crippen LogP contribution in [0.4, 0.5) is 5.69 Å². The molecule has 1 aromatic rings. The number of hydrogen-bond donors (Lipinski definition) is 2. The topological polar surface area (TPSA) is 58.4 Å². The monoisotopic (exact) mass is 249 g/mol. The first kappa shape index (κ1) is 14.7. The molecule has 0 spiro atoms. The summed E-state index contributed by atoms with van der Waals surface area (Å²) in [7, 11) is 1.96. The first-order valence-electron chi connectivity index (χ1n) is 6.36. The third-order valence-electron chi connectivity index (χ3n) is 3.21. The maximum atomic E-state index is 11.8. The van der Waals surface area contributed by atoms with Crippen molar-refractivity contribution in [3.8, 4) is 0 Å². The quantitative estimate of drug-likeness (QED) is 0.808. The Morgan fingerprint density at radius 2 is 2.00 bits per heavy atom. The van der Waals surface area contributed by atoms with Gasteiger partial charge in [0.05, 0.1) is 6.54 Å². The Balaban J connectivity index is 2.48. The van der Waals surface area contributed by atoms with Crippen molar-refractivity contribution in [3.05, 3.63) is 29.8 Å². The summed E-state index contributed by atoms with van der Waals surface area (Å²) in [6.45, 7) is 5.16. The Bertz CT molecular complexity index is 375. The van der Waals surface area contributed by atoms with E-state index in [0.717, 1.165) is 17.7 Å². The minimum atomic E-state index is 0.0123. The lowest BCUT2D eigenvalue weighted by atomic mass is 10.2. The Morgan fingerprint density at radius 1 is 1.39 bits per heavy atom. The first-order valence-corrected chi connectivity index (χ1v) is 6.36. The lowest BCUT2D eigenvalue weighted by Crippen LogP contribution is -2.36. The molecule has 100 valence electrons. The fourth-order valence-corrected chi connectivity index (χ4v) is 1.62. The van der Waals surface area contributed by atoms with E-state index in [0.29, 0.717) is 19.1 Å². The van der Waals surface area contributed by atoms with Crippen LogP contribution in [-0.2, 0) is 11.3 Å². The molecule has 1 aromatic carbocycles. The van der Waals surface area contributed by atoms with Crippen LogP contribution in [0.3, 0.4) is 0 Å². The summed E-state index contributed by atoms with van der Waals surface area (Å²) in [5.41, 5.74) is 7.40. The van der Waals surface area contributed by atoms with Crippen LogP contribution in [0.1, 0.15) is 25.8 Å². The van der Waals surface area contributed by atoms with Crippen molar-refractivity contribution in [2.24, 2.45) is 5.73 Å². The van der Waals surface area contributed by atoms with Gasteiger partial charge in [0.25, 0.3) is 0 Å². The molecule has 1 amide bonds. The van der Waals surface area contributed by atoms with Gasteiger partial charge in [0.15, 0.2) is 0 Å². The average molecular weight is 249 g/mol. The Hall–Kier alpha value is -1.39. The molecule has 18 heavy (non-hydrogen) atoms. The lowest BCUT2D eigenvalue weighted by molar-refractivity contribution is -0.117. The van der Waals surface area contributed by atoms with Gasteiger partial charge < -0.3 is 11.1 Å². The van der Waals surface area contributed by atoms with Gasteiger partial charge >= 0.3 is 0 Å². The highest BCUT2D eigenvalue weighted by Crippen LogP contribution is 2.09. The third kappa shape index (κ3) is 4.47. The fourth-order valence-electron chi connectivity index (χ4n) is 1.62. The molecule has 0 aliphatic carbocycles. The molecule has 1 unspecified atom stereocenters. The van der Waals surface area contributed by atoms with Gasteiger partial charge in [-0.1, -0.05) is 19.1 Å². The molecule has 0 bridgehead atoms. The smallest absolute Gasteiger partial charge is 0.238 e. The molecule has 0 aliphatic rings. The van der Waals surface area contributed by atoms with Crippen molar-refractivity contribution in [1.29, 1.82) is 0 Å². The van der Waals surface area contributed by atoms with Gasteiger partial charge in [-0.15, -0.1) is 0 Å². The van der Waals surface area contributed by atoms with Crippen LogP contribution >= 0.6 is 0 Å². The van der Waals surface area contributed by atoms with Crippen LogP contribution in [0.2, 0.25) is 0 Å². The van der Waals surface area contributed by atoms with E-state index in [1.54, 1.807) is 0 Å². The van der Waals surface area contributed by atoms with Crippen molar-refractivity contribution < 1.29 is 4.79 Å². The summed E-state index contributed by atoms with van der Waals surface area (Å²) in [4.78, 5) is 13.9. The predicted molar refractivity (Wildman–Crippen MR) is 75.3 cm³/mol. The number of carbonyl (C=O) groups excluding carboxylic acids is 1. The summed E-state index contributed by atoms with van der Waals surface area (Å²) < 4.78 is 0. The van der Waals surface area contributed by atoms with E-state index < -0.39 is 0 Å². The van der Waals surface area contributed by atoms with Crippen LogP contribution < -0.4 is 11.1 Å². The number of nitrogens with two attached hydrogens (primary N) is 1. The minimum absolute atomic E-state index is 0.0123. The van der Waals surface area contributed by atoms with Gasteiger partial charge in [-0.3, -0.25) is 9.69 Å². The second-order valence-electron chi connectivity index (χ2n) is 4.62. The average Bonchev–Trinajstić information content (AvgIpc) is 2.38. The van der Waals surface area contributed by atoms with Crippen LogP contribution in [0.15, 0.2) is 24.3 Å². The third-order valence-corrected chi connectivity index (χ3v) is 3.21. The Morgan fingerprint density at radius 3 is 2.50 bits per heavy atom. The zero-order chi connectivity index (χ0) is 13.5. The maximum Gasteiger partial charge on any atom is 0.238 e. The van der Waals surface area contributed by atoms with Gasteiger partial charge in [-0.2, -0.15) is 0 Å². The molecule has 4 heteroatoms. The number of likely N-dealkylation sites (N-methyl/N-ethyl adjacent to an activating group) is 1. The van der Waals surface area contributed by atoms with E-state index in [-0.39, 0.29) is 5.91 Å². The summed E-state index contributed by atoms with van der Waals surface area (Å²) in [5, 5.41) is 2.88. The van der Waals surface area contributed by atoms with Gasteiger partial charge in [-0.05, 0) is 38.1 Å². The SMILES string of the molecule is CCC(C)N(C)CC(=O)Nc1ccc(CN)cc1. The second-order valence-corrected chi connectivity index (χ2v) is 4.62. The molecule has 3 N–H and O–H groups in total. The molecule has 0 saturated carbocycles. The fraction of sp³-hybridized carbons (Fsp3) is 0.500. The number of amides is 1. The second kappa shape index (κ2) is 7.13. The molecular formula is C14H23N3O. The summed E-state index contributed by atoms with van der Waals surface area (Å²) in [6.07, 6.45) is 1.04. The van der Waals surface area contributed by atoms with Crippen molar-refractivity contribution in [2.45, 2.75) is 32.9 Å². The molecule has 0 radical (unpaired) electrons. The Kier molecular flexibility index (Phi) is 5.82.